The molecule has 118 valence electrons. The largest absolute Gasteiger partial charge is 0.481 e. The fourth-order valence-corrected chi connectivity index (χ4v) is 2.23. The average Bonchev–Trinajstić information content (AvgIpc) is 2.42. The van der Waals surface area contributed by atoms with Gasteiger partial charge in [-0.2, -0.15) is 0 Å². The molecule has 0 bridgehead atoms. The highest BCUT2D eigenvalue weighted by molar-refractivity contribution is 5.67. The van der Waals surface area contributed by atoms with Gasteiger partial charge in [0.25, 0.3) is 0 Å². The topological polar surface area (TPSA) is 40.5 Å². The van der Waals surface area contributed by atoms with E-state index in [4.69, 9.17) is 5.11 Å². The van der Waals surface area contributed by atoms with Crippen molar-refractivity contribution in [2.45, 2.75) is 45.4 Å². The number of halogens is 2. The molecule has 1 aromatic carbocycles. The van der Waals surface area contributed by atoms with Crippen LogP contribution >= 0.6 is 0 Å². The molecule has 0 amide bonds. The Morgan fingerprint density at radius 2 is 1.86 bits per heavy atom. The molecule has 0 atom stereocenters. The van der Waals surface area contributed by atoms with Crippen molar-refractivity contribution in [3.05, 3.63) is 29.8 Å². The minimum atomic E-state index is -0.923. The van der Waals surface area contributed by atoms with Gasteiger partial charge in [0, 0.05) is 19.2 Å². The molecule has 0 aromatic heterocycles. The molecule has 0 aliphatic carbocycles. The van der Waals surface area contributed by atoms with Gasteiger partial charge in [0.05, 0.1) is 12.1 Å². The Labute approximate surface area is 124 Å². The van der Waals surface area contributed by atoms with Gasteiger partial charge in [-0.25, -0.2) is 8.78 Å². The van der Waals surface area contributed by atoms with E-state index < -0.39 is 17.6 Å². The van der Waals surface area contributed by atoms with Gasteiger partial charge >= 0.3 is 5.97 Å². The molecule has 0 radical (unpaired) electrons. The third-order valence-electron chi connectivity index (χ3n) is 3.38. The van der Waals surface area contributed by atoms with E-state index >= 15 is 0 Å². The van der Waals surface area contributed by atoms with E-state index in [0.29, 0.717) is 6.54 Å². The van der Waals surface area contributed by atoms with Crippen molar-refractivity contribution in [3.8, 4) is 0 Å². The molecule has 0 fully saturated rings. The number of hydrogen-bond acceptors (Lipinski definition) is 2. The highest BCUT2D eigenvalue weighted by atomic mass is 19.1. The van der Waals surface area contributed by atoms with Crippen molar-refractivity contribution >= 4 is 11.7 Å². The van der Waals surface area contributed by atoms with E-state index in [1.807, 2.05) is 0 Å². The van der Waals surface area contributed by atoms with E-state index in [9.17, 15) is 13.6 Å². The SMILES string of the molecule is CCCCCCCN(CCC(=O)O)c1ccc(F)cc1F. The highest BCUT2D eigenvalue weighted by Gasteiger charge is 2.13. The van der Waals surface area contributed by atoms with Crippen LogP contribution in [0.25, 0.3) is 0 Å². The molecule has 21 heavy (non-hydrogen) atoms. The standard InChI is InChI=1S/C16H23F2NO2/c1-2-3-4-5-6-10-19(11-9-16(20)21)15-8-7-13(17)12-14(15)18/h7-8,12H,2-6,9-11H2,1H3,(H,20,21). The number of carboxylic acids is 1. The van der Waals surface area contributed by atoms with E-state index in [-0.39, 0.29) is 18.7 Å². The molecule has 0 aliphatic heterocycles. The monoisotopic (exact) mass is 299 g/mol. The van der Waals surface area contributed by atoms with Crippen molar-refractivity contribution in [1.82, 2.24) is 0 Å². The van der Waals surface area contributed by atoms with Gasteiger partial charge in [-0.15, -0.1) is 0 Å². The minimum Gasteiger partial charge on any atom is -0.481 e. The highest BCUT2D eigenvalue weighted by Crippen LogP contribution is 2.21. The number of rotatable bonds is 10. The summed E-state index contributed by atoms with van der Waals surface area (Å²) in [6.45, 7) is 2.94. The second-order valence-corrected chi connectivity index (χ2v) is 5.14. The lowest BCUT2D eigenvalue weighted by Crippen LogP contribution is -2.28. The number of aliphatic carboxylic acids is 1. The molecule has 5 heteroatoms. The zero-order valence-electron chi connectivity index (χ0n) is 12.4. The quantitative estimate of drug-likeness (QED) is 0.658. The molecule has 0 spiro atoms. The summed E-state index contributed by atoms with van der Waals surface area (Å²) in [5, 5.41) is 8.78. The van der Waals surface area contributed by atoms with Gasteiger partial charge in [0.2, 0.25) is 0 Å². The number of nitrogens with zero attached hydrogens (tertiary/aromatic N) is 1. The van der Waals surface area contributed by atoms with E-state index in [1.54, 1.807) is 4.90 Å². The number of hydrogen-bond donors (Lipinski definition) is 1. The van der Waals surface area contributed by atoms with E-state index in [1.165, 1.54) is 18.6 Å². The van der Waals surface area contributed by atoms with Crippen LogP contribution in [0, 0.1) is 11.6 Å². The van der Waals surface area contributed by atoms with Gasteiger partial charge in [-0.1, -0.05) is 32.6 Å². The maximum Gasteiger partial charge on any atom is 0.305 e. The number of benzene rings is 1. The second kappa shape index (κ2) is 9.32. The van der Waals surface area contributed by atoms with Crippen molar-refractivity contribution in [2.24, 2.45) is 0 Å². The van der Waals surface area contributed by atoms with Crippen LogP contribution in [0.1, 0.15) is 45.4 Å². The molecule has 0 unspecified atom stereocenters. The van der Waals surface area contributed by atoms with E-state index in [0.717, 1.165) is 31.7 Å². The second-order valence-electron chi connectivity index (χ2n) is 5.14. The fraction of sp³-hybridized carbons (Fsp3) is 0.562. The summed E-state index contributed by atoms with van der Waals surface area (Å²) in [5.41, 5.74) is 0.271. The third kappa shape index (κ3) is 6.56. The lowest BCUT2D eigenvalue weighted by Gasteiger charge is -2.24. The molecule has 0 saturated heterocycles. The average molecular weight is 299 g/mol. The zero-order valence-corrected chi connectivity index (χ0v) is 12.4. The third-order valence-corrected chi connectivity index (χ3v) is 3.38. The first kappa shape index (κ1) is 17.4. The first-order chi connectivity index (χ1) is 10.0. The summed E-state index contributed by atoms with van der Waals surface area (Å²) in [5.74, 6) is -2.19. The van der Waals surface area contributed by atoms with Crippen molar-refractivity contribution in [1.29, 1.82) is 0 Å². The Bertz CT molecular complexity index is 452. The summed E-state index contributed by atoms with van der Waals surface area (Å²) in [4.78, 5) is 12.4. The minimum absolute atomic E-state index is 0.0637. The Kier molecular flexibility index (Phi) is 7.72. The van der Waals surface area contributed by atoms with Gasteiger partial charge in [-0.05, 0) is 18.6 Å². The van der Waals surface area contributed by atoms with Crippen LogP contribution in [0.4, 0.5) is 14.5 Å². The molecule has 1 rings (SSSR count). The molecular weight excluding hydrogens is 276 g/mol. The van der Waals surface area contributed by atoms with Gasteiger partial charge < -0.3 is 10.0 Å². The summed E-state index contributed by atoms with van der Waals surface area (Å²) in [6, 6.07) is 3.40. The number of carbonyl (C=O) groups is 1. The van der Waals surface area contributed by atoms with Gasteiger partial charge in [0.1, 0.15) is 11.6 Å². The van der Waals surface area contributed by atoms with Crippen molar-refractivity contribution in [3.63, 3.8) is 0 Å². The molecule has 0 saturated carbocycles. The van der Waals surface area contributed by atoms with Crippen LogP contribution in [0.15, 0.2) is 18.2 Å². The summed E-state index contributed by atoms with van der Waals surface area (Å²) < 4.78 is 26.8. The Balaban J connectivity index is 2.64. The summed E-state index contributed by atoms with van der Waals surface area (Å²) in [7, 11) is 0. The predicted octanol–water partition coefficient (Wildman–Crippen LogP) is 4.22. The van der Waals surface area contributed by atoms with Crippen LogP contribution in [-0.2, 0) is 4.79 Å². The Morgan fingerprint density at radius 1 is 1.14 bits per heavy atom. The van der Waals surface area contributed by atoms with Gasteiger partial charge in [-0.3, -0.25) is 4.79 Å². The van der Waals surface area contributed by atoms with Crippen LogP contribution in [-0.4, -0.2) is 24.2 Å². The van der Waals surface area contributed by atoms with Crippen molar-refractivity contribution < 1.29 is 18.7 Å². The lowest BCUT2D eigenvalue weighted by atomic mass is 10.1. The maximum absolute atomic E-state index is 13.8. The molecule has 0 aliphatic rings. The van der Waals surface area contributed by atoms with Crippen LogP contribution < -0.4 is 4.90 Å². The lowest BCUT2D eigenvalue weighted by molar-refractivity contribution is -0.136. The first-order valence-corrected chi connectivity index (χ1v) is 7.46. The summed E-state index contributed by atoms with van der Waals surface area (Å²) >= 11 is 0. The first-order valence-electron chi connectivity index (χ1n) is 7.46. The van der Waals surface area contributed by atoms with Crippen LogP contribution in [0.3, 0.4) is 0 Å². The molecule has 1 N–H and O–H groups in total. The van der Waals surface area contributed by atoms with E-state index in [2.05, 4.69) is 6.92 Å². The fourth-order valence-electron chi connectivity index (χ4n) is 2.23. The number of carboxylic acid groups (broad SMARTS) is 1. The van der Waals surface area contributed by atoms with Crippen molar-refractivity contribution in [2.75, 3.05) is 18.0 Å². The Morgan fingerprint density at radius 3 is 2.48 bits per heavy atom. The summed E-state index contributed by atoms with van der Waals surface area (Å²) in [6.07, 6.45) is 5.27. The smallest absolute Gasteiger partial charge is 0.305 e. The molecule has 3 nitrogen and oxygen atoms in total. The number of anilines is 1. The number of unbranched alkanes of at least 4 members (excludes halogenated alkanes) is 4. The molecule has 1 aromatic rings. The molecule has 0 heterocycles. The van der Waals surface area contributed by atoms with Crippen LogP contribution in [0.2, 0.25) is 0 Å². The van der Waals surface area contributed by atoms with Crippen LogP contribution in [0.5, 0.6) is 0 Å². The predicted molar refractivity (Wildman–Crippen MR) is 79.6 cm³/mol. The zero-order chi connectivity index (χ0) is 15.7. The Hall–Kier alpha value is -1.65. The van der Waals surface area contributed by atoms with Gasteiger partial charge in [0.15, 0.2) is 0 Å². The normalized spacial score (nSPS) is 10.6. The maximum atomic E-state index is 13.8. The molecular formula is C16H23F2NO2.